The molecule has 3 amide bonds. The van der Waals surface area contributed by atoms with Gasteiger partial charge in [0.2, 0.25) is 0 Å². The minimum absolute atomic E-state index is 0.451. The molecule has 0 aliphatic carbocycles. The van der Waals surface area contributed by atoms with Crippen molar-refractivity contribution in [3.8, 4) is 0 Å². The smallest absolute Gasteiger partial charge is 0.314 e. The highest BCUT2D eigenvalue weighted by Crippen LogP contribution is 2.36. The predicted molar refractivity (Wildman–Crippen MR) is 103 cm³/mol. The fourth-order valence-corrected chi connectivity index (χ4v) is 3.68. The number of hydrazone groups is 1. The Morgan fingerprint density at radius 3 is 2.15 bits per heavy atom. The van der Waals surface area contributed by atoms with Gasteiger partial charge >= 0.3 is 6.03 Å². The second-order valence-electron chi connectivity index (χ2n) is 6.07. The Kier molecular flexibility index (Phi) is 4.29. The van der Waals surface area contributed by atoms with E-state index in [-0.39, 0.29) is 0 Å². The number of hydrogen-bond donors (Lipinski definition) is 1. The zero-order valence-electron chi connectivity index (χ0n) is 14.5. The highest BCUT2D eigenvalue weighted by Gasteiger charge is 2.54. The Morgan fingerprint density at radius 2 is 1.63 bits per heavy atom. The number of benzene rings is 2. The summed E-state index contributed by atoms with van der Waals surface area (Å²) in [7, 11) is 0. The lowest BCUT2D eigenvalue weighted by Gasteiger charge is -2.27. The summed E-state index contributed by atoms with van der Waals surface area (Å²) in [5, 5.41) is 10.5. The SMILES string of the molecule is Cc1nc(/C=N\N2C(=O)NC(c3ccccc3)(c3ccccc3)C2=O)cs1. The number of aryl methyl sites for hydroxylation is 1. The van der Waals surface area contributed by atoms with Gasteiger partial charge in [-0.05, 0) is 18.1 Å². The lowest BCUT2D eigenvalue weighted by molar-refractivity contribution is -0.130. The molecule has 134 valence electrons. The Morgan fingerprint density at radius 1 is 1.04 bits per heavy atom. The molecule has 1 aliphatic rings. The van der Waals surface area contributed by atoms with Gasteiger partial charge in [0.25, 0.3) is 5.91 Å². The van der Waals surface area contributed by atoms with Crippen molar-refractivity contribution in [3.05, 3.63) is 87.9 Å². The van der Waals surface area contributed by atoms with Gasteiger partial charge in [-0.25, -0.2) is 9.78 Å². The van der Waals surface area contributed by atoms with Crippen molar-refractivity contribution in [3.63, 3.8) is 0 Å². The van der Waals surface area contributed by atoms with Crippen molar-refractivity contribution < 1.29 is 9.59 Å². The number of urea groups is 1. The van der Waals surface area contributed by atoms with Gasteiger partial charge in [-0.15, -0.1) is 16.3 Å². The molecule has 0 spiro atoms. The summed E-state index contributed by atoms with van der Waals surface area (Å²) in [6.45, 7) is 1.88. The summed E-state index contributed by atoms with van der Waals surface area (Å²) in [5.41, 5.74) is 0.651. The van der Waals surface area contributed by atoms with Crippen LogP contribution in [-0.2, 0) is 10.3 Å². The highest BCUT2D eigenvalue weighted by molar-refractivity contribution is 7.09. The van der Waals surface area contributed by atoms with Gasteiger partial charge in [0, 0.05) is 5.38 Å². The number of amides is 3. The summed E-state index contributed by atoms with van der Waals surface area (Å²) in [6.07, 6.45) is 1.42. The fourth-order valence-electron chi connectivity index (χ4n) is 3.11. The molecule has 1 fully saturated rings. The molecular formula is C20H16N4O2S. The van der Waals surface area contributed by atoms with E-state index in [2.05, 4.69) is 15.4 Å². The van der Waals surface area contributed by atoms with E-state index in [0.29, 0.717) is 16.8 Å². The second kappa shape index (κ2) is 6.77. The minimum Gasteiger partial charge on any atom is -0.314 e. The van der Waals surface area contributed by atoms with Gasteiger partial charge in [-0.1, -0.05) is 60.7 Å². The normalized spacial score (nSPS) is 16.1. The minimum atomic E-state index is -1.31. The standard InChI is InChI=1S/C20H16N4O2S/c1-14-22-17(13-27-14)12-21-24-18(25)20(23-19(24)26,15-8-4-2-5-9-15)16-10-6-3-7-11-16/h2-13H,1H3,(H,23,26)/b21-12-. The molecule has 1 saturated heterocycles. The van der Waals surface area contributed by atoms with Crippen molar-refractivity contribution in [1.82, 2.24) is 15.3 Å². The van der Waals surface area contributed by atoms with Gasteiger partial charge in [-0.3, -0.25) is 4.79 Å². The van der Waals surface area contributed by atoms with E-state index in [1.165, 1.54) is 17.6 Å². The predicted octanol–water partition coefficient (Wildman–Crippen LogP) is 3.28. The summed E-state index contributed by atoms with van der Waals surface area (Å²) < 4.78 is 0. The summed E-state index contributed by atoms with van der Waals surface area (Å²) in [6, 6.07) is 17.8. The first-order chi connectivity index (χ1) is 13.1. The molecule has 6 nitrogen and oxygen atoms in total. The van der Waals surface area contributed by atoms with Crippen LogP contribution in [0, 0.1) is 6.92 Å². The number of nitrogens with one attached hydrogen (secondary N) is 1. The number of rotatable bonds is 4. The largest absolute Gasteiger partial charge is 0.346 e. The molecule has 4 rings (SSSR count). The molecule has 0 unspecified atom stereocenters. The molecule has 1 aliphatic heterocycles. The quantitative estimate of drug-likeness (QED) is 0.561. The van der Waals surface area contributed by atoms with E-state index in [4.69, 9.17) is 0 Å². The molecule has 3 aromatic rings. The molecule has 7 heteroatoms. The second-order valence-corrected chi connectivity index (χ2v) is 7.13. The fraction of sp³-hybridized carbons (Fsp3) is 0.100. The Bertz CT molecular complexity index is 975. The first-order valence-corrected chi connectivity index (χ1v) is 9.23. The highest BCUT2D eigenvalue weighted by atomic mass is 32.1. The van der Waals surface area contributed by atoms with Crippen LogP contribution in [0.4, 0.5) is 4.79 Å². The van der Waals surface area contributed by atoms with E-state index in [1.54, 1.807) is 0 Å². The van der Waals surface area contributed by atoms with Crippen molar-refractivity contribution >= 4 is 29.5 Å². The number of thiazole rings is 1. The maximum Gasteiger partial charge on any atom is 0.346 e. The van der Waals surface area contributed by atoms with E-state index >= 15 is 0 Å². The lowest BCUT2D eigenvalue weighted by atomic mass is 9.83. The number of hydrogen-bond acceptors (Lipinski definition) is 5. The van der Waals surface area contributed by atoms with Crippen LogP contribution in [0.5, 0.6) is 0 Å². The topological polar surface area (TPSA) is 74.7 Å². The Hall–Kier alpha value is -3.32. The van der Waals surface area contributed by atoms with Crippen LogP contribution in [0.1, 0.15) is 21.8 Å². The van der Waals surface area contributed by atoms with E-state index in [1.807, 2.05) is 73.0 Å². The molecule has 1 N–H and O–H groups in total. The van der Waals surface area contributed by atoms with Crippen LogP contribution in [-0.4, -0.2) is 28.1 Å². The molecule has 2 heterocycles. The third-order valence-corrected chi connectivity index (χ3v) is 5.15. The van der Waals surface area contributed by atoms with Crippen molar-refractivity contribution in [2.24, 2.45) is 5.10 Å². The first-order valence-electron chi connectivity index (χ1n) is 8.35. The molecule has 0 atom stereocenters. The van der Waals surface area contributed by atoms with Crippen LogP contribution >= 0.6 is 11.3 Å². The van der Waals surface area contributed by atoms with E-state index in [9.17, 15) is 9.59 Å². The maximum absolute atomic E-state index is 13.4. The maximum atomic E-state index is 13.4. The Balaban J connectivity index is 1.78. The summed E-state index contributed by atoms with van der Waals surface area (Å²) in [4.78, 5) is 30.3. The molecule has 0 bridgehead atoms. The van der Waals surface area contributed by atoms with Gasteiger partial charge in [0.15, 0.2) is 5.54 Å². The van der Waals surface area contributed by atoms with Crippen molar-refractivity contribution in [2.45, 2.75) is 12.5 Å². The van der Waals surface area contributed by atoms with Gasteiger partial charge in [0.05, 0.1) is 16.9 Å². The average molecular weight is 376 g/mol. The third kappa shape index (κ3) is 2.92. The Labute approximate surface area is 160 Å². The molecule has 0 saturated carbocycles. The number of imide groups is 1. The van der Waals surface area contributed by atoms with Gasteiger partial charge < -0.3 is 5.32 Å². The van der Waals surface area contributed by atoms with Crippen molar-refractivity contribution in [1.29, 1.82) is 0 Å². The van der Waals surface area contributed by atoms with Crippen LogP contribution in [0.2, 0.25) is 0 Å². The van der Waals surface area contributed by atoms with Gasteiger partial charge in [-0.2, -0.15) is 5.10 Å². The van der Waals surface area contributed by atoms with Crippen LogP contribution in [0.15, 0.2) is 71.1 Å². The molecule has 1 aromatic heterocycles. The molecule has 2 aromatic carbocycles. The first kappa shape index (κ1) is 17.1. The summed E-state index contributed by atoms with van der Waals surface area (Å²) in [5.74, 6) is -0.451. The van der Waals surface area contributed by atoms with Crippen LogP contribution in [0.3, 0.4) is 0 Å². The number of carbonyl (C=O) groups is 2. The van der Waals surface area contributed by atoms with E-state index in [0.717, 1.165) is 10.0 Å². The third-order valence-electron chi connectivity index (χ3n) is 4.36. The zero-order chi connectivity index (χ0) is 18.9. The van der Waals surface area contributed by atoms with Gasteiger partial charge in [0.1, 0.15) is 0 Å². The van der Waals surface area contributed by atoms with Crippen LogP contribution < -0.4 is 5.32 Å². The van der Waals surface area contributed by atoms with Crippen LogP contribution in [0.25, 0.3) is 0 Å². The number of aromatic nitrogens is 1. The monoisotopic (exact) mass is 376 g/mol. The molecular weight excluding hydrogens is 360 g/mol. The van der Waals surface area contributed by atoms with E-state index < -0.39 is 17.5 Å². The van der Waals surface area contributed by atoms with Crippen molar-refractivity contribution in [2.75, 3.05) is 0 Å². The number of nitrogens with zero attached hydrogens (tertiary/aromatic N) is 3. The molecule has 0 radical (unpaired) electrons. The molecule has 27 heavy (non-hydrogen) atoms. The summed E-state index contributed by atoms with van der Waals surface area (Å²) >= 11 is 1.48. The lowest BCUT2D eigenvalue weighted by Crippen LogP contribution is -2.44. The number of carbonyl (C=O) groups excluding carboxylic acids is 2. The average Bonchev–Trinajstić information content (AvgIpc) is 3.23. The zero-order valence-corrected chi connectivity index (χ0v) is 15.3.